The molecule has 3 rings (SSSR count). The van der Waals surface area contributed by atoms with Crippen molar-refractivity contribution in [1.29, 1.82) is 0 Å². The normalized spacial score (nSPS) is 18.7. The lowest BCUT2D eigenvalue weighted by Crippen LogP contribution is -2.48. The van der Waals surface area contributed by atoms with Gasteiger partial charge in [0.05, 0.1) is 23.6 Å². The average Bonchev–Trinajstić information content (AvgIpc) is 3.16. The number of hydrogen-bond donors (Lipinski definition) is 2. The summed E-state index contributed by atoms with van der Waals surface area (Å²) in [5.74, 6) is -0.537. The smallest absolute Gasteiger partial charge is 0.261 e. The molecule has 160 valence electrons. The molecule has 2 N–H and O–H groups in total. The van der Waals surface area contributed by atoms with Crippen LogP contribution in [0, 0.1) is 6.92 Å². The largest absolute Gasteiger partial charge is 0.372 e. The van der Waals surface area contributed by atoms with Crippen LogP contribution < -0.4 is 10.6 Å². The van der Waals surface area contributed by atoms with Crippen molar-refractivity contribution in [2.75, 3.05) is 19.6 Å². The predicted octanol–water partition coefficient (Wildman–Crippen LogP) is 2.35. The standard InChI is InChI=1S/C22H27N3O4S/c1-14-12-25(13-15(2)29-14)22(28)18-7-5-17(6-8-18)10-23-20(26)11-24-21(27)19-9-4-16(3)30-19/h4-9,14-15H,10-13H2,1-3H3,(H,23,26)(H,24,27). The van der Waals surface area contributed by atoms with Crippen LogP contribution in [0.25, 0.3) is 0 Å². The number of morpholine rings is 1. The molecule has 1 aromatic carbocycles. The zero-order valence-corrected chi connectivity index (χ0v) is 18.3. The maximum atomic E-state index is 12.7. The molecule has 2 heterocycles. The zero-order valence-electron chi connectivity index (χ0n) is 17.4. The van der Waals surface area contributed by atoms with Crippen molar-refractivity contribution >= 4 is 29.1 Å². The van der Waals surface area contributed by atoms with Crippen molar-refractivity contribution in [2.24, 2.45) is 0 Å². The number of benzene rings is 1. The molecule has 0 radical (unpaired) electrons. The van der Waals surface area contributed by atoms with Crippen LogP contribution in [-0.2, 0) is 16.1 Å². The van der Waals surface area contributed by atoms with Crippen LogP contribution in [0.15, 0.2) is 36.4 Å². The number of carbonyl (C=O) groups is 3. The highest BCUT2D eigenvalue weighted by Crippen LogP contribution is 2.15. The fourth-order valence-corrected chi connectivity index (χ4v) is 4.14. The summed E-state index contributed by atoms with van der Waals surface area (Å²) < 4.78 is 5.68. The quantitative estimate of drug-likeness (QED) is 0.738. The third-order valence-electron chi connectivity index (χ3n) is 4.77. The van der Waals surface area contributed by atoms with Gasteiger partial charge in [-0.25, -0.2) is 0 Å². The molecule has 8 heteroatoms. The predicted molar refractivity (Wildman–Crippen MR) is 116 cm³/mol. The van der Waals surface area contributed by atoms with Crippen LogP contribution in [-0.4, -0.2) is 54.5 Å². The molecule has 1 aliphatic rings. The topological polar surface area (TPSA) is 87.7 Å². The summed E-state index contributed by atoms with van der Waals surface area (Å²) in [6.07, 6.45) is 0.0491. The highest BCUT2D eigenvalue weighted by molar-refractivity contribution is 7.13. The van der Waals surface area contributed by atoms with E-state index >= 15 is 0 Å². The molecule has 1 fully saturated rings. The molecule has 2 aromatic rings. The third-order valence-corrected chi connectivity index (χ3v) is 5.77. The summed E-state index contributed by atoms with van der Waals surface area (Å²) >= 11 is 1.39. The van der Waals surface area contributed by atoms with Gasteiger partial charge in [0.15, 0.2) is 0 Å². The lowest BCUT2D eigenvalue weighted by molar-refractivity contribution is -0.120. The Morgan fingerprint density at radius 2 is 1.70 bits per heavy atom. The Balaban J connectivity index is 1.45. The van der Waals surface area contributed by atoms with Gasteiger partial charge in [0.25, 0.3) is 11.8 Å². The fourth-order valence-electron chi connectivity index (χ4n) is 3.36. The van der Waals surface area contributed by atoms with E-state index in [1.165, 1.54) is 11.3 Å². The van der Waals surface area contributed by atoms with E-state index in [9.17, 15) is 14.4 Å². The number of thiophene rings is 1. The zero-order chi connectivity index (χ0) is 21.7. The van der Waals surface area contributed by atoms with E-state index in [2.05, 4.69) is 10.6 Å². The lowest BCUT2D eigenvalue weighted by Gasteiger charge is -2.35. The number of hydrogen-bond acceptors (Lipinski definition) is 5. The Kier molecular flexibility index (Phi) is 7.23. The molecule has 7 nitrogen and oxygen atoms in total. The summed E-state index contributed by atoms with van der Waals surface area (Å²) in [5.41, 5.74) is 1.49. The maximum absolute atomic E-state index is 12.7. The van der Waals surface area contributed by atoms with Crippen molar-refractivity contribution in [3.05, 3.63) is 57.3 Å². The first-order valence-electron chi connectivity index (χ1n) is 9.97. The van der Waals surface area contributed by atoms with Crippen molar-refractivity contribution in [2.45, 2.75) is 39.5 Å². The number of nitrogens with zero attached hydrogens (tertiary/aromatic N) is 1. The second-order valence-corrected chi connectivity index (χ2v) is 8.82. The Morgan fingerprint density at radius 1 is 1.03 bits per heavy atom. The van der Waals surface area contributed by atoms with E-state index in [0.29, 0.717) is 30.1 Å². The van der Waals surface area contributed by atoms with E-state index in [-0.39, 0.29) is 36.5 Å². The van der Waals surface area contributed by atoms with E-state index in [1.54, 1.807) is 18.2 Å². The summed E-state index contributed by atoms with van der Waals surface area (Å²) in [4.78, 5) is 40.1. The molecule has 1 saturated heterocycles. The number of rotatable bonds is 6. The number of nitrogens with one attached hydrogen (secondary N) is 2. The van der Waals surface area contributed by atoms with Gasteiger partial charge in [-0.1, -0.05) is 12.1 Å². The van der Waals surface area contributed by atoms with Gasteiger partial charge >= 0.3 is 0 Å². The molecular formula is C22H27N3O4S. The molecule has 1 aromatic heterocycles. The second-order valence-electron chi connectivity index (χ2n) is 7.53. The molecule has 2 atom stereocenters. The minimum absolute atomic E-state index is 0.0147. The van der Waals surface area contributed by atoms with Crippen LogP contribution >= 0.6 is 11.3 Å². The minimum Gasteiger partial charge on any atom is -0.372 e. The molecular weight excluding hydrogens is 402 g/mol. The van der Waals surface area contributed by atoms with Gasteiger partial charge in [0.2, 0.25) is 5.91 Å². The molecule has 0 spiro atoms. The van der Waals surface area contributed by atoms with Crippen molar-refractivity contribution in [3.63, 3.8) is 0 Å². The summed E-state index contributed by atoms with van der Waals surface area (Å²) in [5, 5.41) is 5.39. The molecule has 3 amide bonds. The SMILES string of the molecule is Cc1ccc(C(=O)NCC(=O)NCc2ccc(C(=O)N3CC(C)OC(C)C3)cc2)s1. The van der Waals surface area contributed by atoms with Crippen LogP contribution in [0.5, 0.6) is 0 Å². The summed E-state index contributed by atoms with van der Waals surface area (Å²) in [6, 6.07) is 10.8. The van der Waals surface area contributed by atoms with E-state index in [4.69, 9.17) is 4.74 Å². The summed E-state index contributed by atoms with van der Waals surface area (Å²) in [6.45, 7) is 7.26. The highest BCUT2D eigenvalue weighted by Gasteiger charge is 2.26. The molecule has 1 aliphatic heterocycles. The Labute approximate surface area is 180 Å². The lowest BCUT2D eigenvalue weighted by atomic mass is 10.1. The Hall–Kier alpha value is -2.71. The second kappa shape index (κ2) is 9.86. The molecule has 2 unspecified atom stereocenters. The fraction of sp³-hybridized carbons (Fsp3) is 0.409. The maximum Gasteiger partial charge on any atom is 0.261 e. The van der Waals surface area contributed by atoms with E-state index in [1.807, 2.05) is 43.9 Å². The van der Waals surface area contributed by atoms with Crippen LogP contribution in [0.1, 0.15) is 44.3 Å². The Bertz CT molecular complexity index is 899. The van der Waals surface area contributed by atoms with E-state index < -0.39 is 0 Å². The minimum atomic E-state index is -0.270. The number of carbonyl (C=O) groups excluding carboxylic acids is 3. The van der Waals surface area contributed by atoms with Crippen molar-refractivity contribution < 1.29 is 19.1 Å². The number of amides is 3. The van der Waals surface area contributed by atoms with Gasteiger partial charge in [-0.3, -0.25) is 14.4 Å². The van der Waals surface area contributed by atoms with Crippen molar-refractivity contribution in [1.82, 2.24) is 15.5 Å². The van der Waals surface area contributed by atoms with Gasteiger partial charge in [0, 0.05) is 30.1 Å². The first kappa shape index (κ1) is 22.0. The number of aryl methyl sites for hydroxylation is 1. The molecule has 0 bridgehead atoms. The first-order valence-corrected chi connectivity index (χ1v) is 10.8. The molecule has 0 aliphatic carbocycles. The average molecular weight is 430 g/mol. The van der Waals surface area contributed by atoms with Gasteiger partial charge in [-0.2, -0.15) is 0 Å². The van der Waals surface area contributed by atoms with Gasteiger partial charge in [0.1, 0.15) is 0 Å². The van der Waals surface area contributed by atoms with Crippen LogP contribution in [0.4, 0.5) is 0 Å². The van der Waals surface area contributed by atoms with Crippen LogP contribution in [0.3, 0.4) is 0 Å². The highest BCUT2D eigenvalue weighted by atomic mass is 32.1. The summed E-state index contributed by atoms with van der Waals surface area (Å²) in [7, 11) is 0. The molecule has 0 saturated carbocycles. The van der Waals surface area contributed by atoms with Gasteiger partial charge in [-0.05, 0) is 50.6 Å². The molecule has 30 heavy (non-hydrogen) atoms. The number of ether oxygens (including phenoxy) is 1. The van der Waals surface area contributed by atoms with Crippen molar-refractivity contribution in [3.8, 4) is 0 Å². The van der Waals surface area contributed by atoms with Gasteiger partial charge in [-0.15, -0.1) is 11.3 Å². The van der Waals surface area contributed by atoms with E-state index in [0.717, 1.165) is 10.4 Å². The Morgan fingerprint density at radius 3 is 2.30 bits per heavy atom. The van der Waals surface area contributed by atoms with Gasteiger partial charge < -0.3 is 20.3 Å². The first-order chi connectivity index (χ1) is 14.3. The third kappa shape index (κ3) is 5.90. The monoisotopic (exact) mass is 429 g/mol. The van der Waals surface area contributed by atoms with Crippen LogP contribution in [0.2, 0.25) is 0 Å².